The van der Waals surface area contributed by atoms with Gasteiger partial charge in [-0.25, -0.2) is 0 Å². The first-order chi connectivity index (χ1) is 15.1. The molecule has 1 atom stereocenters. The van der Waals surface area contributed by atoms with Crippen molar-refractivity contribution in [3.8, 4) is 11.1 Å². The van der Waals surface area contributed by atoms with Crippen LogP contribution in [0.3, 0.4) is 0 Å². The van der Waals surface area contributed by atoms with Crippen molar-refractivity contribution in [2.24, 2.45) is 5.92 Å². The molecule has 1 heterocycles. The summed E-state index contributed by atoms with van der Waals surface area (Å²) in [6, 6.07) is 18.0. The fourth-order valence-corrected chi connectivity index (χ4v) is 5.01. The van der Waals surface area contributed by atoms with Crippen LogP contribution < -0.4 is 10.6 Å². The van der Waals surface area contributed by atoms with E-state index < -0.39 is 19.2 Å². The van der Waals surface area contributed by atoms with Crippen molar-refractivity contribution in [1.82, 2.24) is 0 Å². The third-order valence-electron chi connectivity index (χ3n) is 4.74. The molecule has 4 N–H and O–H groups in total. The standard InChI is InChI=1S/C23H25N2O5PS/c1-15(2)12-20(31(28,29)30)22(26)24-18-8-10-19(11-9-18)25-23(27)21-13-17(14-32-21)16-6-4-3-5-7-16/h3-11,13-15,20H,12H2,1-2H3,(H,24,26)(H,25,27)(H2,28,29,30). The van der Waals surface area contributed by atoms with Crippen LogP contribution in [0.1, 0.15) is 29.9 Å². The summed E-state index contributed by atoms with van der Waals surface area (Å²) in [6.07, 6.45) is 0.0794. The molecule has 32 heavy (non-hydrogen) atoms. The lowest BCUT2D eigenvalue weighted by Crippen LogP contribution is -2.29. The Kier molecular flexibility index (Phi) is 7.64. The van der Waals surface area contributed by atoms with E-state index in [9.17, 15) is 23.9 Å². The molecule has 0 fully saturated rings. The Morgan fingerprint density at radius 1 is 0.938 bits per heavy atom. The van der Waals surface area contributed by atoms with Crippen LogP contribution in [0, 0.1) is 5.92 Å². The summed E-state index contributed by atoms with van der Waals surface area (Å²) in [5.74, 6) is -1.01. The summed E-state index contributed by atoms with van der Waals surface area (Å²) < 4.78 is 11.7. The van der Waals surface area contributed by atoms with Crippen LogP contribution >= 0.6 is 18.9 Å². The summed E-state index contributed by atoms with van der Waals surface area (Å²) in [5.41, 5.74) is 1.53. The number of carbonyl (C=O) groups excluding carboxylic acids is 2. The second-order valence-corrected chi connectivity index (χ2v) is 10.5. The van der Waals surface area contributed by atoms with E-state index in [1.807, 2.05) is 41.8 Å². The van der Waals surface area contributed by atoms with Crippen molar-refractivity contribution >= 4 is 42.1 Å². The minimum Gasteiger partial charge on any atom is -0.325 e. The van der Waals surface area contributed by atoms with Crippen LogP contribution in [-0.2, 0) is 9.36 Å². The molecule has 9 heteroatoms. The van der Waals surface area contributed by atoms with Crippen molar-refractivity contribution in [3.63, 3.8) is 0 Å². The van der Waals surface area contributed by atoms with Gasteiger partial charge in [0.2, 0.25) is 5.91 Å². The smallest absolute Gasteiger partial charge is 0.325 e. The van der Waals surface area contributed by atoms with Gasteiger partial charge in [-0.15, -0.1) is 11.3 Å². The molecule has 3 rings (SSSR count). The van der Waals surface area contributed by atoms with Crippen LogP contribution in [0.15, 0.2) is 66.0 Å². The normalized spacial score (nSPS) is 12.4. The molecule has 1 unspecified atom stereocenters. The first-order valence-electron chi connectivity index (χ1n) is 10.0. The maximum absolute atomic E-state index is 12.6. The highest BCUT2D eigenvalue weighted by atomic mass is 32.1. The van der Waals surface area contributed by atoms with Gasteiger partial charge in [0.25, 0.3) is 5.91 Å². The topological polar surface area (TPSA) is 116 Å². The molecule has 1 aromatic heterocycles. The maximum Gasteiger partial charge on any atom is 0.337 e. The van der Waals surface area contributed by atoms with Gasteiger partial charge in [-0.3, -0.25) is 14.2 Å². The third-order valence-corrected chi connectivity index (χ3v) is 6.93. The Bertz CT molecular complexity index is 1120. The van der Waals surface area contributed by atoms with Crippen molar-refractivity contribution in [3.05, 3.63) is 70.9 Å². The van der Waals surface area contributed by atoms with Gasteiger partial charge in [0.1, 0.15) is 5.66 Å². The average molecular weight is 473 g/mol. The molecule has 3 aromatic rings. The molecule has 7 nitrogen and oxygen atoms in total. The van der Waals surface area contributed by atoms with Crippen LogP contribution in [0.4, 0.5) is 11.4 Å². The van der Waals surface area contributed by atoms with Crippen LogP contribution in [0.5, 0.6) is 0 Å². The van der Waals surface area contributed by atoms with E-state index in [4.69, 9.17) is 0 Å². The van der Waals surface area contributed by atoms with E-state index in [0.29, 0.717) is 16.3 Å². The Morgan fingerprint density at radius 2 is 1.53 bits per heavy atom. The van der Waals surface area contributed by atoms with Crippen molar-refractivity contribution < 1.29 is 23.9 Å². The van der Waals surface area contributed by atoms with E-state index in [-0.39, 0.29) is 18.2 Å². The largest absolute Gasteiger partial charge is 0.337 e. The predicted octanol–water partition coefficient (Wildman–Crippen LogP) is 5.20. The quantitative estimate of drug-likeness (QED) is 0.337. The predicted molar refractivity (Wildman–Crippen MR) is 128 cm³/mol. The summed E-state index contributed by atoms with van der Waals surface area (Å²) >= 11 is 1.35. The first kappa shape index (κ1) is 23.9. The molecule has 0 aliphatic rings. The molecule has 0 spiro atoms. The summed E-state index contributed by atoms with van der Waals surface area (Å²) in [4.78, 5) is 44.5. The minimum absolute atomic E-state index is 0.0457. The molecule has 2 amide bonds. The first-order valence-corrected chi connectivity index (χ1v) is 12.6. The maximum atomic E-state index is 12.6. The fraction of sp³-hybridized carbons (Fsp3) is 0.217. The van der Waals surface area contributed by atoms with E-state index in [2.05, 4.69) is 10.6 Å². The number of rotatable bonds is 8. The molecule has 168 valence electrons. The Hall–Kier alpha value is -2.77. The number of anilines is 2. The third kappa shape index (κ3) is 6.37. The highest BCUT2D eigenvalue weighted by molar-refractivity contribution is 7.53. The number of hydrogen-bond acceptors (Lipinski definition) is 4. The van der Waals surface area contributed by atoms with Gasteiger partial charge in [0.15, 0.2) is 0 Å². The second-order valence-electron chi connectivity index (χ2n) is 7.82. The van der Waals surface area contributed by atoms with Crippen LogP contribution in [-0.4, -0.2) is 27.3 Å². The number of amides is 2. The van der Waals surface area contributed by atoms with E-state index >= 15 is 0 Å². The number of thiophene rings is 1. The monoisotopic (exact) mass is 472 g/mol. The van der Waals surface area contributed by atoms with Gasteiger partial charge in [0.05, 0.1) is 4.88 Å². The Labute approximate surface area is 190 Å². The van der Waals surface area contributed by atoms with E-state index in [0.717, 1.165) is 11.1 Å². The fourth-order valence-electron chi connectivity index (χ4n) is 3.14. The van der Waals surface area contributed by atoms with Gasteiger partial charge < -0.3 is 20.4 Å². The summed E-state index contributed by atoms with van der Waals surface area (Å²) in [6.45, 7) is 3.59. The van der Waals surface area contributed by atoms with Crippen molar-refractivity contribution in [1.29, 1.82) is 0 Å². The molecule has 2 aromatic carbocycles. The summed E-state index contributed by atoms with van der Waals surface area (Å²) in [5, 5.41) is 7.28. The number of benzene rings is 2. The van der Waals surface area contributed by atoms with Gasteiger partial charge in [-0.2, -0.15) is 0 Å². The number of carbonyl (C=O) groups is 2. The Balaban J connectivity index is 1.63. The second kappa shape index (κ2) is 10.2. The van der Waals surface area contributed by atoms with Gasteiger partial charge >= 0.3 is 7.60 Å². The van der Waals surface area contributed by atoms with Gasteiger partial charge in [-0.05, 0) is 59.2 Å². The molecule has 0 aliphatic heterocycles. The van der Waals surface area contributed by atoms with E-state index in [1.165, 1.54) is 11.3 Å². The molecule has 0 bridgehead atoms. The van der Waals surface area contributed by atoms with Crippen LogP contribution in [0.25, 0.3) is 11.1 Å². The lowest BCUT2D eigenvalue weighted by Gasteiger charge is -2.19. The molecule has 0 aliphatic carbocycles. The molecule has 0 radical (unpaired) electrons. The van der Waals surface area contributed by atoms with Gasteiger partial charge in [-0.1, -0.05) is 44.2 Å². The molecule has 0 saturated carbocycles. The SMILES string of the molecule is CC(C)CC(C(=O)Nc1ccc(NC(=O)c2cc(-c3ccccc3)cs2)cc1)P(=O)(O)O. The molecular formula is C23H25N2O5PS. The summed E-state index contributed by atoms with van der Waals surface area (Å²) in [7, 11) is -4.57. The lowest BCUT2D eigenvalue weighted by atomic mass is 10.1. The zero-order chi connectivity index (χ0) is 23.3. The zero-order valence-electron chi connectivity index (χ0n) is 17.7. The van der Waals surface area contributed by atoms with E-state index in [1.54, 1.807) is 38.1 Å². The number of hydrogen-bond donors (Lipinski definition) is 4. The van der Waals surface area contributed by atoms with Gasteiger partial charge in [0, 0.05) is 11.4 Å². The highest BCUT2D eigenvalue weighted by Crippen LogP contribution is 2.44. The highest BCUT2D eigenvalue weighted by Gasteiger charge is 2.36. The van der Waals surface area contributed by atoms with Crippen molar-refractivity contribution in [2.75, 3.05) is 10.6 Å². The minimum atomic E-state index is -4.57. The number of nitrogens with one attached hydrogen (secondary N) is 2. The molecular weight excluding hydrogens is 447 g/mol. The van der Waals surface area contributed by atoms with Crippen molar-refractivity contribution in [2.45, 2.75) is 25.9 Å². The average Bonchev–Trinajstić information content (AvgIpc) is 3.23. The van der Waals surface area contributed by atoms with Crippen LogP contribution in [0.2, 0.25) is 0 Å². The lowest BCUT2D eigenvalue weighted by molar-refractivity contribution is -0.116. The Morgan fingerprint density at radius 3 is 2.09 bits per heavy atom. The zero-order valence-corrected chi connectivity index (χ0v) is 19.4. The molecule has 0 saturated heterocycles.